The summed E-state index contributed by atoms with van der Waals surface area (Å²) < 4.78 is 28.9. The Bertz CT molecular complexity index is 903. The van der Waals surface area contributed by atoms with Gasteiger partial charge >= 0.3 is 7.12 Å². The van der Waals surface area contributed by atoms with E-state index in [9.17, 15) is 9.18 Å². The Morgan fingerprint density at radius 2 is 1.79 bits per heavy atom. The van der Waals surface area contributed by atoms with Crippen LogP contribution in [0.3, 0.4) is 0 Å². The van der Waals surface area contributed by atoms with E-state index in [-0.39, 0.29) is 17.8 Å². The molecular weight excluding hydrogens is 360 g/mol. The standard InChI is InChI=1S/C20H27BFN3O3/c1-13(26)24-8-6-15(7-9-24)25-18-11-16(17(22)10-14(18)12-23-25)21-27-19(2,3)20(4,5)28-21/h10-12,15H,6-9H2,1-5H3. The molecule has 0 atom stereocenters. The molecule has 0 unspecified atom stereocenters. The van der Waals surface area contributed by atoms with Crippen LogP contribution < -0.4 is 5.46 Å². The Balaban J connectivity index is 1.65. The van der Waals surface area contributed by atoms with E-state index in [1.165, 1.54) is 6.07 Å². The highest BCUT2D eigenvalue weighted by molar-refractivity contribution is 6.62. The molecule has 4 rings (SSSR count). The van der Waals surface area contributed by atoms with E-state index >= 15 is 0 Å². The molecule has 2 aliphatic rings. The van der Waals surface area contributed by atoms with Gasteiger partial charge in [0.1, 0.15) is 5.82 Å². The van der Waals surface area contributed by atoms with Crippen LogP contribution in [0.25, 0.3) is 10.9 Å². The molecule has 0 spiro atoms. The highest BCUT2D eigenvalue weighted by atomic mass is 19.1. The van der Waals surface area contributed by atoms with Crippen molar-refractivity contribution < 1.29 is 18.5 Å². The lowest BCUT2D eigenvalue weighted by Crippen LogP contribution is -2.41. The van der Waals surface area contributed by atoms with Crippen molar-refractivity contribution in [3.63, 3.8) is 0 Å². The predicted molar refractivity (Wildman–Crippen MR) is 106 cm³/mol. The van der Waals surface area contributed by atoms with Crippen LogP contribution in [-0.4, -0.2) is 52.0 Å². The molecule has 28 heavy (non-hydrogen) atoms. The summed E-state index contributed by atoms with van der Waals surface area (Å²) in [5, 5.41) is 5.28. The number of nitrogens with zero attached hydrogens (tertiary/aromatic N) is 3. The number of likely N-dealkylation sites (tertiary alicyclic amines) is 1. The third-order valence-electron chi connectivity index (χ3n) is 6.48. The predicted octanol–water partition coefficient (Wildman–Crippen LogP) is 2.66. The molecule has 2 aliphatic heterocycles. The fourth-order valence-corrected chi connectivity index (χ4v) is 3.95. The van der Waals surface area contributed by atoms with Gasteiger partial charge in [-0.3, -0.25) is 9.48 Å². The molecule has 150 valence electrons. The summed E-state index contributed by atoms with van der Waals surface area (Å²) >= 11 is 0. The van der Waals surface area contributed by atoms with Crippen molar-refractivity contribution in [1.29, 1.82) is 0 Å². The van der Waals surface area contributed by atoms with Gasteiger partial charge in [0, 0.05) is 30.9 Å². The van der Waals surface area contributed by atoms with Gasteiger partial charge in [0.15, 0.2) is 0 Å². The van der Waals surface area contributed by atoms with Gasteiger partial charge in [-0.25, -0.2) is 4.39 Å². The van der Waals surface area contributed by atoms with Gasteiger partial charge in [-0.15, -0.1) is 0 Å². The van der Waals surface area contributed by atoms with Gasteiger partial charge in [-0.1, -0.05) is 0 Å². The smallest absolute Gasteiger partial charge is 0.399 e. The van der Waals surface area contributed by atoms with Crippen molar-refractivity contribution in [2.45, 2.75) is 64.7 Å². The number of carbonyl (C=O) groups excluding carboxylic acids is 1. The summed E-state index contributed by atoms with van der Waals surface area (Å²) in [5.41, 5.74) is 0.207. The van der Waals surface area contributed by atoms with Crippen LogP contribution in [0.1, 0.15) is 53.5 Å². The van der Waals surface area contributed by atoms with Crippen LogP contribution in [-0.2, 0) is 14.1 Å². The number of fused-ring (bicyclic) bond motifs is 1. The van der Waals surface area contributed by atoms with Crippen LogP contribution in [0.5, 0.6) is 0 Å². The maximum atomic E-state index is 14.8. The molecule has 8 heteroatoms. The van der Waals surface area contributed by atoms with Crippen molar-refractivity contribution in [2.75, 3.05) is 13.1 Å². The molecule has 0 bridgehead atoms. The summed E-state index contributed by atoms with van der Waals surface area (Å²) in [4.78, 5) is 13.4. The molecule has 2 aromatic rings. The number of amides is 1. The number of benzene rings is 1. The number of hydrogen-bond acceptors (Lipinski definition) is 4. The molecule has 0 N–H and O–H groups in total. The zero-order valence-corrected chi connectivity index (χ0v) is 17.2. The Kier molecular flexibility index (Phi) is 4.54. The van der Waals surface area contributed by atoms with E-state index in [0.717, 1.165) is 23.7 Å². The highest BCUT2D eigenvalue weighted by Crippen LogP contribution is 2.37. The van der Waals surface area contributed by atoms with Crippen molar-refractivity contribution >= 4 is 29.4 Å². The second-order valence-electron chi connectivity index (χ2n) is 8.85. The summed E-state index contributed by atoms with van der Waals surface area (Å²) in [6, 6.07) is 3.49. The fraction of sp³-hybridized carbons (Fsp3) is 0.600. The first-order valence-corrected chi connectivity index (χ1v) is 9.87. The molecule has 1 amide bonds. The minimum atomic E-state index is -0.752. The Morgan fingerprint density at radius 1 is 1.18 bits per heavy atom. The monoisotopic (exact) mass is 387 g/mol. The average Bonchev–Trinajstić information content (AvgIpc) is 3.11. The van der Waals surface area contributed by atoms with Gasteiger partial charge in [0.2, 0.25) is 5.91 Å². The van der Waals surface area contributed by atoms with Crippen LogP contribution in [0.2, 0.25) is 0 Å². The minimum absolute atomic E-state index is 0.105. The van der Waals surface area contributed by atoms with Crippen LogP contribution in [0.4, 0.5) is 4.39 Å². The second kappa shape index (κ2) is 6.56. The number of rotatable bonds is 2. The van der Waals surface area contributed by atoms with Crippen molar-refractivity contribution in [2.24, 2.45) is 0 Å². The first-order chi connectivity index (χ1) is 13.1. The van der Waals surface area contributed by atoms with Crippen molar-refractivity contribution in [3.05, 3.63) is 24.1 Å². The Hall–Kier alpha value is -1.93. The number of carbonyl (C=O) groups is 1. The van der Waals surface area contributed by atoms with Crippen molar-refractivity contribution in [1.82, 2.24) is 14.7 Å². The average molecular weight is 387 g/mol. The summed E-state index contributed by atoms with van der Waals surface area (Å²) in [5.74, 6) is -0.245. The van der Waals surface area contributed by atoms with Gasteiger partial charge in [0.05, 0.1) is 29.0 Å². The fourth-order valence-electron chi connectivity index (χ4n) is 3.95. The molecule has 1 aromatic carbocycles. The van der Waals surface area contributed by atoms with Gasteiger partial charge in [0.25, 0.3) is 0 Å². The van der Waals surface area contributed by atoms with Crippen LogP contribution >= 0.6 is 0 Å². The topological polar surface area (TPSA) is 56.6 Å². The summed E-state index contributed by atoms with van der Waals surface area (Å²) in [6.07, 6.45) is 3.36. The van der Waals surface area contributed by atoms with E-state index in [1.54, 1.807) is 19.2 Å². The third kappa shape index (κ3) is 3.12. The molecule has 6 nitrogen and oxygen atoms in total. The largest absolute Gasteiger partial charge is 0.497 e. The molecule has 0 radical (unpaired) electrons. The van der Waals surface area contributed by atoms with Gasteiger partial charge in [-0.2, -0.15) is 5.10 Å². The number of aromatic nitrogens is 2. The van der Waals surface area contributed by atoms with Gasteiger partial charge in [-0.05, 0) is 52.7 Å². The maximum Gasteiger partial charge on any atom is 0.497 e. The lowest BCUT2D eigenvalue weighted by Gasteiger charge is -2.32. The first kappa shape index (κ1) is 19.4. The summed E-state index contributed by atoms with van der Waals surface area (Å²) in [6.45, 7) is 10.8. The maximum absolute atomic E-state index is 14.8. The molecule has 2 saturated heterocycles. The quantitative estimate of drug-likeness (QED) is 0.744. The molecule has 1 aromatic heterocycles. The van der Waals surface area contributed by atoms with E-state index in [4.69, 9.17) is 9.31 Å². The SMILES string of the molecule is CC(=O)N1CCC(n2ncc3cc(F)c(B4OC(C)(C)C(C)(C)O4)cc32)CC1. The lowest BCUT2D eigenvalue weighted by atomic mass is 9.78. The molecule has 0 aliphatic carbocycles. The first-order valence-electron chi connectivity index (χ1n) is 9.87. The van der Waals surface area contributed by atoms with Crippen LogP contribution in [0, 0.1) is 5.82 Å². The summed E-state index contributed by atoms with van der Waals surface area (Å²) in [7, 11) is -0.752. The zero-order valence-electron chi connectivity index (χ0n) is 17.2. The lowest BCUT2D eigenvalue weighted by molar-refractivity contribution is -0.130. The molecule has 2 fully saturated rings. The Labute approximate surface area is 165 Å². The Morgan fingerprint density at radius 3 is 2.36 bits per heavy atom. The second-order valence-corrected chi connectivity index (χ2v) is 8.85. The van der Waals surface area contributed by atoms with E-state index in [0.29, 0.717) is 18.6 Å². The minimum Gasteiger partial charge on any atom is -0.399 e. The van der Waals surface area contributed by atoms with E-state index in [2.05, 4.69) is 5.10 Å². The van der Waals surface area contributed by atoms with E-state index < -0.39 is 18.3 Å². The van der Waals surface area contributed by atoms with Crippen molar-refractivity contribution in [3.8, 4) is 0 Å². The van der Waals surface area contributed by atoms with E-state index in [1.807, 2.05) is 37.3 Å². The van der Waals surface area contributed by atoms with Gasteiger partial charge < -0.3 is 14.2 Å². The third-order valence-corrected chi connectivity index (χ3v) is 6.48. The molecular formula is C20H27BFN3O3. The molecule has 0 saturated carbocycles. The number of piperidine rings is 1. The normalized spacial score (nSPS) is 22.2. The number of hydrogen-bond donors (Lipinski definition) is 0. The highest BCUT2D eigenvalue weighted by Gasteiger charge is 2.52. The zero-order chi connectivity index (χ0) is 20.3. The number of halogens is 1. The molecule has 3 heterocycles. The van der Waals surface area contributed by atoms with Crippen LogP contribution in [0.15, 0.2) is 18.3 Å².